The fraction of sp³-hybridized carbons (Fsp3) is 0. The first kappa shape index (κ1) is 12.9. The summed E-state index contributed by atoms with van der Waals surface area (Å²) < 4.78 is 16.9. The third-order valence-corrected chi connectivity index (χ3v) is 4.31. The zero-order valence-electron chi connectivity index (χ0n) is 9.57. The van der Waals surface area contributed by atoms with Gasteiger partial charge in [-0.25, -0.2) is 9.37 Å². The Hall–Kier alpha value is -1.15. The van der Waals surface area contributed by atoms with Gasteiger partial charge in [-0.1, -0.05) is 12.1 Å². The molecule has 0 saturated carbocycles. The second-order valence-electron chi connectivity index (χ2n) is 4.01. The van der Waals surface area contributed by atoms with E-state index in [0.29, 0.717) is 20.6 Å². The Bertz CT molecular complexity index is 785. The van der Waals surface area contributed by atoms with Crippen LogP contribution in [0.1, 0.15) is 0 Å². The molecule has 2 N–H and O–H groups in total. The SMILES string of the molecule is Nc1nc2cc(I)c(F)cc2n1-c1ccccc1Br. The predicted molar refractivity (Wildman–Crippen MR) is 85.9 cm³/mol. The van der Waals surface area contributed by atoms with Crippen molar-refractivity contribution in [3.63, 3.8) is 0 Å². The van der Waals surface area contributed by atoms with Crippen molar-refractivity contribution in [2.24, 2.45) is 0 Å². The molecule has 1 heterocycles. The van der Waals surface area contributed by atoms with Crippen molar-refractivity contribution in [3.8, 4) is 5.69 Å². The number of hydrogen-bond acceptors (Lipinski definition) is 2. The molecule has 3 rings (SSSR count). The maximum Gasteiger partial charge on any atom is 0.205 e. The van der Waals surface area contributed by atoms with E-state index in [1.807, 2.05) is 46.9 Å². The molecular weight excluding hydrogens is 424 g/mol. The van der Waals surface area contributed by atoms with Crippen LogP contribution in [0.15, 0.2) is 40.9 Å². The fourth-order valence-electron chi connectivity index (χ4n) is 1.98. The molecule has 0 spiro atoms. The van der Waals surface area contributed by atoms with Crippen LogP contribution in [0.3, 0.4) is 0 Å². The fourth-order valence-corrected chi connectivity index (χ4v) is 2.89. The van der Waals surface area contributed by atoms with Gasteiger partial charge in [-0.3, -0.25) is 4.57 Å². The van der Waals surface area contributed by atoms with E-state index in [0.717, 1.165) is 10.2 Å². The Morgan fingerprint density at radius 3 is 2.74 bits per heavy atom. The number of nitrogen functional groups attached to an aromatic ring is 1. The van der Waals surface area contributed by atoms with Crippen LogP contribution < -0.4 is 5.73 Å². The quantitative estimate of drug-likeness (QED) is 0.589. The number of halogens is 3. The number of para-hydroxylation sites is 1. The standard InChI is InChI=1S/C13H8BrFIN3/c14-7-3-1-2-4-11(7)19-12-5-8(15)9(16)6-10(12)18-13(19)17/h1-6H,(H2,17,18). The largest absolute Gasteiger partial charge is 0.369 e. The van der Waals surface area contributed by atoms with Crippen molar-refractivity contribution >= 4 is 55.5 Å². The minimum absolute atomic E-state index is 0.277. The van der Waals surface area contributed by atoms with Crippen molar-refractivity contribution < 1.29 is 4.39 Å². The highest BCUT2D eigenvalue weighted by molar-refractivity contribution is 14.1. The molecule has 6 heteroatoms. The lowest BCUT2D eigenvalue weighted by atomic mass is 10.2. The van der Waals surface area contributed by atoms with Crippen LogP contribution in [-0.2, 0) is 0 Å². The van der Waals surface area contributed by atoms with Gasteiger partial charge in [0.2, 0.25) is 5.95 Å². The molecule has 0 atom stereocenters. The lowest BCUT2D eigenvalue weighted by Crippen LogP contribution is -2.01. The molecule has 3 aromatic rings. The number of rotatable bonds is 1. The van der Waals surface area contributed by atoms with Crippen LogP contribution in [-0.4, -0.2) is 9.55 Å². The van der Waals surface area contributed by atoms with E-state index in [1.165, 1.54) is 6.07 Å². The molecule has 0 saturated heterocycles. The van der Waals surface area contributed by atoms with E-state index >= 15 is 0 Å². The summed E-state index contributed by atoms with van der Waals surface area (Å²) in [5, 5.41) is 0. The predicted octanol–water partition coefficient (Wildman–Crippen LogP) is 4.11. The van der Waals surface area contributed by atoms with Crippen LogP contribution >= 0.6 is 38.5 Å². The lowest BCUT2D eigenvalue weighted by molar-refractivity contribution is 0.622. The molecule has 2 aromatic carbocycles. The summed E-state index contributed by atoms with van der Waals surface area (Å²) in [4.78, 5) is 4.28. The zero-order chi connectivity index (χ0) is 13.6. The maximum absolute atomic E-state index is 13.8. The molecule has 0 bridgehead atoms. The van der Waals surface area contributed by atoms with Gasteiger partial charge in [0.05, 0.1) is 20.3 Å². The Labute approximate surface area is 130 Å². The van der Waals surface area contributed by atoms with Gasteiger partial charge < -0.3 is 5.73 Å². The van der Waals surface area contributed by atoms with Gasteiger partial charge in [0.25, 0.3) is 0 Å². The van der Waals surface area contributed by atoms with E-state index in [-0.39, 0.29) is 5.82 Å². The zero-order valence-corrected chi connectivity index (χ0v) is 13.3. The van der Waals surface area contributed by atoms with E-state index in [1.54, 1.807) is 10.6 Å². The minimum atomic E-state index is -0.277. The highest BCUT2D eigenvalue weighted by Crippen LogP contribution is 2.29. The number of nitrogens with two attached hydrogens (primary N) is 1. The molecule has 0 aliphatic heterocycles. The van der Waals surface area contributed by atoms with Crippen molar-refractivity contribution in [2.75, 3.05) is 5.73 Å². The average Bonchev–Trinajstić information content (AvgIpc) is 2.66. The number of benzene rings is 2. The second-order valence-corrected chi connectivity index (χ2v) is 6.03. The van der Waals surface area contributed by atoms with Gasteiger partial charge in [-0.05, 0) is 56.7 Å². The minimum Gasteiger partial charge on any atom is -0.369 e. The third kappa shape index (κ3) is 2.12. The highest BCUT2D eigenvalue weighted by Gasteiger charge is 2.14. The van der Waals surface area contributed by atoms with E-state index in [9.17, 15) is 4.39 Å². The van der Waals surface area contributed by atoms with Crippen LogP contribution in [0.4, 0.5) is 10.3 Å². The van der Waals surface area contributed by atoms with Crippen molar-refractivity contribution in [1.29, 1.82) is 0 Å². The molecule has 3 nitrogen and oxygen atoms in total. The molecule has 0 aliphatic rings. The van der Waals surface area contributed by atoms with Crippen molar-refractivity contribution in [2.45, 2.75) is 0 Å². The maximum atomic E-state index is 13.8. The Balaban J connectivity index is 2.38. The van der Waals surface area contributed by atoms with Gasteiger partial charge in [0.15, 0.2) is 0 Å². The Morgan fingerprint density at radius 2 is 2.00 bits per heavy atom. The molecule has 0 fully saturated rings. The first-order valence-electron chi connectivity index (χ1n) is 5.46. The van der Waals surface area contributed by atoms with Crippen LogP contribution in [0.5, 0.6) is 0 Å². The summed E-state index contributed by atoms with van der Waals surface area (Å²) in [5.41, 5.74) is 8.13. The van der Waals surface area contributed by atoms with Gasteiger partial charge in [0, 0.05) is 10.5 Å². The first-order chi connectivity index (χ1) is 9.08. The number of anilines is 1. The highest BCUT2D eigenvalue weighted by atomic mass is 127. The lowest BCUT2D eigenvalue weighted by Gasteiger charge is -2.08. The van der Waals surface area contributed by atoms with E-state index < -0.39 is 0 Å². The first-order valence-corrected chi connectivity index (χ1v) is 7.33. The number of fused-ring (bicyclic) bond motifs is 1. The third-order valence-electron chi connectivity index (χ3n) is 2.82. The molecule has 1 aromatic heterocycles. The molecule has 0 aliphatic carbocycles. The van der Waals surface area contributed by atoms with Crippen LogP contribution in [0, 0.1) is 9.39 Å². The molecule has 0 radical (unpaired) electrons. The van der Waals surface area contributed by atoms with Crippen LogP contribution in [0.25, 0.3) is 16.7 Å². The summed E-state index contributed by atoms with van der Waals surface area (Å²) in [6.07, 6.45) is 0. The smallest absolute Gasteiger partial charge is 0.205 e. The monoisotopic (exact) mass is 431 g/mol. The van der Waals surface area contributed by atoms with Gasteiger partial charge >= 0.3 is 0 Å². The summed E-state index contributed by atoms with van der Waals surface area (Å²) in [5.74, 6) is 0.0598. The van der Waals surface area contributed by atoms with Crippen molar-refractivity contribution in [1.82, 2.24) is 9.55 Å². The van der Waals surface area contributed by atoms with E-state index in [4.69, 9.17) is 5.73 Å². The second kappa shape index (κ2) is 4.75. The molecular formula is C13H8BrFIN3. The molecule has 19 heavy (non-hydrogen) atoms. The summed E-state index contributed by atoms with van der Waals surface area (Å²) in [6, 6.07) is 10.8. The molecule has 96 valence electrons. The normalized spacial score (nSPS) is 11.1. The molecule has 0 amide bonds. The van der Waals surface area contributed by atoms with Gasteiger partial charge in [-0.2, -0.15) is 0 Å². The number of aromatic nitrogens is 2. The number of nitrogens with zero attached hydrogens (tertiary/aromatic N) is 2. The van der Waals surface area contributed by atoms with Gasteiger partial charge in [-0.15, -0.1) is 0 Å². The number of imidazole rings is 1. The Kier molecular flexibility index (Phi) is 3.22. The number of hydrogen-bond donors (Lipinski definition) is 1. The Morgan fingerprint density at radius 1 is 1.26 bits per heavy atom. The van der Waals surface area contributed by atoms with Gasteiger partial charge in [0.1, 0.15) is 5.82 Å². The topological polar surface area (TPSA) is 43.8 Å². The molecule has 0 unspecified atom stereocenters. The summed E-state index contributed by atoms with van der Waals surface area (Å²) >= 11 is 5.41. The average molecular weight is 432 g/mol. The summed E-state index contributed by atoms with van der Waals surface area (Å²) in [6.45, 7) is 0. The van der Waals surface area contributed by atoms with E-state index in [2.05, 4.69) is 20.9 Å². The van der Waals surface area contributed by atoms with Crippen LogP contribution in [0.2, 0.25) is 0 Å². The summed E-state index contributed by atoms with van der Waals surface area (Å²) in [7, 11) is 0. The van der Waals surface area contributed by atoms with Crippen molar-refractivity contribution in [3.05, 3.63) is 50.3 Å².